The highest BCUT2D eigenvalue weighted by Gasteiger charge is 2.11. The predicted molar refractivity (Wildman–Crippen MR) is 157 cm³/mol. The van der Waals surface area contributed by atoms with Gasteiger partial charge in [0.25, 0.3) is 0 Å². The number of benzene rings is 8. The van der Waals surface area contributed by atoms with Crippen molar-refractivity contribution in [2.45, 2.75) is 0 Å². The fourth-order valence-corrected chi connectivity index (χ4v) is 5.98. The predicted octanol–water partition coefficient (Wildman–Crippen LogP) is 10.3. The van der Waals surface area contributed by atoms with Crippen molar-refractivity contribution in [3.05, 3.63) is 133 Å². The quantitative estimate of drug-likeness (QED) is 0.171. The van der Waals surface area contributed by atoms with E-state index < -0.39 is 0 Å². The lowest BCUT2D eigenvalue weighted by Gasteiger charge is -2.13. The largest absolute Gasteiger partial charge is 0.0616 e. The zero-order chi connectivity index (χ0) is 23.6. The first-order chi connectivity index (χ1) is 17.8. The Hall–Kier alpha value is -4.68. The van der Waals surface area contributed by atoms with Gasteiger partial charge in [0.2, 0.25) is 0 Å². The molecule has 166 valence electrons. The van der Waals surface area contributed by atoms with Gasteiger partial charge in [0.1, 0.15) is 0 Å². The minimum Gasteiger partial charge on any atom is -0.0616 e. The summed E-state index contributed by atoms with van der Waals surface area (Å²) in [6.45, 7) is 0. The third-order valence-electron chi connectivity index (χ3n) is 7.73. The van der Waals surface area contributed by atoms with E-state index in [1.807, 2.05) is 0 Å². The van der Waals surface area contributed by atoms with E-state index in [1.54, 1.807) is 0 Å². The van der Waals surface area contributed by atoms with Crippen LogP contribution in [0.1, 0.15) is 0 Å². The van der Waals surface area contributed by atoms with Gasteiger partial charge >= 0.3 is 0 Å². The van der Waals surface area contributed by atoms with Crippen LogP contribution in [0.5, 0.6) is 0 Å². The maximum absolute atomic E-state index is 2.38. The Morgan fingerprint density at radius 1 is 0.222 bits per heavy atom. The minimum absolute atomic E-state index is 1.28. The Balaban J connectivity index is 1.42. The van der Waals surface area contributed by atoms with Crippen LogP contribution in [0.4, 0.5) is 0 Å². The average Bonchev–Trinajstić information content (AvgIpc) is 2.93. The summed E-state index contributed by atoms with van der Waals surface area (Å²) in [5.74, 6) is 0. The van der Waals surface area contributed by atoms with Crippen LogP contribution in [0, 0.1) is 0 Å². The normalized spacial score (nSPS) is 11.9. The van der Waals surface area contributed by atoms with Gasteiger partial charge in [-0.1, -0.05) is 97.1 Å². The molecule has 8 aromatic rings. The molecule has 36 heavy (non-hydrogen) atoms. The summed E-state index contributed by atoms with van der Waals surface area (Å²) in [5, 5.41) is 15.5. The zero-order valence-electron chi connectivity index (χ0n) is 19.7. The lowest BCUT2D eigenvalue weighted by atomic mass is 9.90. The summed E-state index contributed by atoms with van der Waals surface area (Å²) in [5.41, 5.74) is 2.57. The highest BCUT2D eigenvalue weighted by atomic mass is 14.1. The van der Waals surface area contributed by atoms with Crippen LogP contribution < -0.4 is 0 Å². The van der Waals surface area contributed by atoms with E-state index >= 15 is 0 Å². The van der Waals surface area contributed by atoms with Crippen LogP contribution in [-0.2, 0) is 0 Å². The third-order valence-corrected chi connectivity index (χ3v) is 7.73. The van der Waals surface area contributed by atoms with Crippen molar-refractivity contribution >= 4 is 64.6 Å². The molecule has 0 aromatic heterocycles. The van der Waals surface area contributed by atoms with Gasteiger partial charge < -0.3 is 0 Å². The summed E-state index contributed by atoms with van der Waals surface area (Å²) >= 11 is 0. The molecule has 0 nitrogen and oxygen atoms in total. The van der Waals surface area contributed by atoms with Crippen LogP contribution in [0.2, 0.25) is 0 Å². The minimum atomic E-state index is 1.28. The van der Waals surface area contributed by atoms with Gasteiger partial charge in [-0.25, -0.2) is 0 Å². The van der Waals surface area contributed by atoms with Crippen molar-refractivity contribution in [2.75, 3.05) is 0 Å². The molecule has 0 radical (unpaired) electrons. The molecule has 0 atom stereocenters. The third kappa shape index (κ3) is 2.88. The molecule has 0 N–H and O–H groups in total. The first-order valence-electron chi connectivity index (χ1n) is 12.5. The first-order valence-corrected chi connectivity index (χ1v) is 12.5. The van der Waals surface area contributed by atoms with E-state index in [2.05, 4.69) is 133 Å². The van der Waals surface area contributed by atoms with E-state index in [1.165, 1.54) is 75.8 Å². The Labute approximate surface area is 209 Å². The van der Waals surface area contributed by atoms with E-state index in [9.17, 15) is 0 Å². The maximum Gasteiger partial charge on any atom is -0.00987 e. The fourth-order valence-electron chi connectivity index (χ4n) is 5.98. The van der Waals surface area contributed by atoms with Crippen molar-refractivity contribution in [1.29, 1.82) is 0 Å². The van der Waals surface area contributed by atoms with Gasteiger partial charge in [0.15, 0.2) is 0 Å². The molecule has 0 saturated carbocycles. The summed E-state index contributed by atoms with van der Waals surface area (Å²) in [7, 11) is 0. The van der Waals surface area contributed by atoms with E-state index in [0.29, 0.717) is 0 Å². The molecule has 8 aromatic carbocycles. The SMILES string of the molecule is c1ccc2cc3cc4cc5c(-c6cccc7c6ccc6ccccc67)cccc5cc4cc3cc2c1. The van der Waals surface area contributed by atoms with Crippen LogP contribution in [0.15, 0.2) is 133 Å². The van der Waals surface area contributed by atoms with Crippen LogP contribution in [0.3, 0.4) is 0 Å². The summed E-state index contributed by atoms with van der Waals surface area (Å²) in [4.78, 5) is 0. The first kappa shape index (κ1) is 19.6. The van der Waals surface area contributed by atoms with Crippen LogP contribution in [-0.4, -0.2) is 0 Å². The van der Waals surface area contributed by atoms with E-state index in [-0.39, 0.29) is 0 Å². The van der Waals surface area contributed by atoms with Gasteiger partial charge in [-0.3, -0.25) is 0 Å². The van der Waals surface area contributed by atoms with Crippen molar-refractivity contribution in [3.8, 4) is 11.1 Å². The number of fused-ring (bicyclic) bond motifs is 7. The molecule has 0 heterocycles. The van der Waals surface area contributed by atoms with Crippen molar-refractivity contribution in [2.24, 2.45) is 0 Å². The Morgan fingerprint density at radius 2 is 0.722 bits per heavy atom. The van der Waals surface area contributed by atoms with Gasteiger partial charge in [-0.15, -0.1) is 0 Å². The number of hydrogen-bond acceptors (Lipinski definition) is 0. The smallest absolute Gasteiger partial charge is 0.00987 e. The van der Waals surface area contributed by atoms with Gasteiger partial charge in [0.05, 0.1) is 0 Å². The molecule has 0 bridgehead atoms. The van der Waals surface area contributed by atoms with Crippen molar-refractivity contribution in [3.63, 3.8) is 0 Å². The molecule has 0 aliphatic rings. The Bertz CT molecular complexity index is 2150. The summed E-state index contributed by atoms with van der Waals surface area (Å²) < 4.78 is 0. The van der Waals surface area contributed by atoms with Gasteiger partial charge in [-0.2, -0.15) is 0 Å². The standard InChI is InChI=1S/C36H22/c1-2-9-25-18-28-21-30-22-36-26(19-29(30)20-27(28)17-24(25)8-1)10-5-12-34(36)33-14-6-13-32-31-11-4-3-7-23(31)15-16-35(32)33/h1-22H. The number of hydrogen-bond donors (Lipinski definition) is 0. The highest BCUT2D eigenvalue weighted by molar-refractivity contribution is 6.16. The monoisotopic (exact) mass is 454 g/mol. The molecule has 0 fully saturated rings. The van der Waals surface area contributed by atoms with E-state index in [0.717, 1.165) is 0 Å². The summed E-state index contributed by atoms with van der Waals surface area (Å²) in [6, 6.07) is 49.3. The van der Waals surface area contributed by atoms with Crippen LogP contribution in [0.25, 0.3) is 75.8 Å². The topological polar surface area (TPSA) is 0 Å². The molecule has 0 aliphatic heterocycles. The lowest BCUT2D eigenvalue weighted by Crippen LogP contribution is -1.86. The summed E-state index contributed by atoms with van der Waals surface area (Å²) in [6.07, 6.45) is 0. The van der Waals surface area contributed by atoms with Crippen molar-refractivity contribution in [1.82, 2.24) is 0 Å². The van der Waals surface area contributed by atoms with Gasteiger partial charge in [-0.05, 0) is 112 Å². The second-order valence-electron chi connectivity index (χ2n) is 9.81. The second kappa shape index (κ2) is 7.41. The van der Waals surface area contributed by atoms with Gasteiger partial charge in [0, 0.05) is 0 Å². The maximum atomic E-state index is 2.38. The molecular formula is C36H22. The molecule has 0 heteroatoms. The fraction of sp³-hybridized carbons (Fsp3) is 0. The highest BCUT2D eigenvalue weighted by Crippen LogP contribution is 2.38. The second-order valence-corrected chi connectivity index (χ2v) is 9.81. The lowest BCUT2D eigenvalue weighted by molar-refractivity contribution is 1.71. The van der Waals surface area contributed by atoms with E-state index in [4.69, 9.17) is 0 Å². The van der Waals surface area contributed by atoms with Crippen molar-refractivity contribution < 1.29 is 0 Å². The molecule has 0 unspecified atom stereocenters. The molecular weight excluding hydrogens is 432 g/mol. The Kier molecular flexibility index (Phi) is 4.03. The molecule has 0 saturated heterocycles. The molecule has 0 amide bonds. The molecule has 0 spiro atoms. The Morgan fingerprint density at radius 3 is 1.47 bits per heavy atom. The number of rotatable bonds is 1. The molecule has 0 aliphatic carbocycles. The average molecular weight is 455 g/mol. The zero-order valence-corrected chi connectivity index (χ0v) is 19.7. The van der Waals surface area contributed by atoms with Crippen LogP contribution >= 0.6 is 0 Å². The molecule has 8 rings (SSSR count).